The van der Waals surface area contributed by atoms with E-state index in [1.807, 2.05) is 0 Å². The van der Waals surface area contributed by atoms with Gasteiger partial charge in [0.2, 0.25) is 11.2 Å². The maximum absolute atomic E-state index is 12.2. The molecule has 3 heterocycles. The molecule has 0 aliphatic carbocycles. The zero-order valence-electron chi connectivity index (χ0n) is 13.6. The fourth-order valence-corrected chi connectivity index (χ4v) is 2.98. The van der Waals surface area contributed by atoms with Gasteiger partial charge in [-0.2, -0.15) is 0 Å². The SMILES string of the molecule is O=c1cc(CN2CCc3ccccc3C2)occ1OCc1c[nH]nn1. The molecule has 7 nitrogen and oxygen atoms in total. The van der Waals surface area contributed by atoms with Crippen LogP contribution in [0.5, 0.6) is 5.75 Å². The van der Waals surface area contributed by atoms with Gasteiger partial charge in [0.05, 0.1) is 6.54 Å². The Hall–Kier alpha value is -2.93. The molecule has 7 heteroatoms. The Morgan fingerprint density at radius 2 is 2.16 bits per heavy atom. The van der Waals surface area contributed by atoms with Crippen LogP contribution in [0.15, 0.2) is 52.0 Å². The molecule has 0 unspecified atom stereocenters. The number of hydrogen-bond acceptors (Lipinski definition) is 6. The maximum Gasteiger partial charge on any atom is 0.227 e. The van der Waals surface area contributed by atoms with Gasteiger partial charge in [-0.05, 0) is 17.5 Å². The van der Waals surface area contributed by atoms with Gasteiger partial charge in [0.25, 0.3) is 0 Å². The Balaban J connectivity index is 1.40. The fourth-order valence-electron chi connectivity index (χ4n) is 2.98. The van der Waals surface area contributed by atoms with Crippen molar-refractivity contribution < 1.29 is 9.15 Å². The number of H-pyrrole nitrogens is 1. The molecule has 0 atom stereocenters. The van der Waals surface area contributed by atoms with E-state index >= 15 is 0 Å². The van der Waals surface area contributed by atoms with Gasteiger partial charge in [0.1, 0.15) is 24.3 Å². The highest BCUT2D eigenvalue weighted by Crippen LogP contribution is 2.20. The Morgan fingerprint density at radius 1 is 1.28 bits per heavy atom. The third-order valence-corrected chi connectivity index (χ3v) is 4.28. The lowest BCUT2D eigenvalue weighted by Crippen LogP contribution is -2.30. The molecule has 0 saturated heterocycles. The number of nitrogens with one attached hydrogen (secondary N) is 1. The number of hydrogen-bond donors (Lipinski definition) is 1. The molecular formula is C18H18N4O3. The fraction of sp³-hybridized carbons (Fsp3) is 0.278. The standard InChI is InChI=1S/C18H18N4O3/c23-17-7-16(24-12-18(17)25-11-15-8-19-21-20-15)10-22-6-5-13-3-1-2-4-14(13)9-22/h1-4,7-8,12H,5-6,9-11H2,(H,19,20,21). The van der Waals surface area contributed by atoms with Crippen LogP contribution in [0.25, 0.3) is 0 Å². The minimum absolute atomic E-state index is 0.170. The average molecular weight is 338 g/mol. The summed E-state index contributed by atoms with van der Waals surface area (Å²) in [5, 5.41) is 9.99. The molecule has 0 spiro atoms. The zero-order valence-corrected chi connectivity index (χ0v) is 13.6. The monoisotopic (exact) mass is 338 g/mol. The van der Waals surface area contributed by atoms with Crippen molar-refractivity contribution in [2.45, 2.75) is 26.1 Å². The van der Waals surface area contributed by atoms with E-state index < -0.39 is 0 Å². The van der Waals surface area contributed by atoms with E-state index in [1.165, 1.54) is 23.5 Å². The van der Waals surface area contributed by atoms with E-state index in [4.69, 9.17) is 9.15 Å². The summed E-state index contributed by atoms with van der Waals surface area (Å²) in [5.41, 5.74) is 3.16. The highest BCUT2D eigenvalue weighted by molar-refractivity contribution is 5.29. The van der Waals surface area contributed by atoms with Crippen LogP contribution in [-0.4, -0.2) is 26.9 Å². The van der Waals surface area contributed by atoms with Gasteiger partial charge in [-0.1, -0.05) is 29.5 Å². The van der Waals surface area contributed by atoms with Gasteiger partial charge in [-0.15, -0.1) is 5.10 Å². The first kappa shape index (κ1) is 15.6. The quantitative estimate of drug-likeness (QED) is 0.765. The largest absolute Gasteiger partial charge is 0.480 e. The predicted octanol–water partition coefficient (Wildman–Crippen LogP) is 1.90. The third-order valence-electron chi connectivity index (χ3n) is 4.28. The lowest BCUT2D eigenvalue weighted by molar-refractivity contribution is 0.220. The summed E-state index contributed by atoms with van der Waals surface area (Å²) >= 11 is 0. The van der Waals surface area contributed by atoms with Gasteiger partial charge in [-0.3, -0.25) is 14.8 Å². The van der Waals surface area contributed by atoms with E-state index in [0.29, 0.717) is 18.0 Å². The lowest BCUT2D eigenvalue weighted by Gasteiger charge is -2.28. The van der Waals surface area contributed by atoms with Crippen LogP contribution >= 0.6 is 0 Å². The van der Waals surface area contributed by atoms with E-state index in [1.54, 1.807) is 6.20 Å². The molecule has 2 aromatic heterocycles. The van der Waals surface area contributed by atoms with Gasteiger partial charge >= 0.3 is 0 Å². The van der Waals surface area contributed by atoms with Crippen molar-refractivity contribution in [2.24, 2.45) is 0 Å². The lowest BCUT2D eigenvalue weighted by atomic mass is 10.00. The van der Waals surface area contributed by atoms with E-state index in [2.05, 4.69) is 44.6 Å². The second-order valence-electron chi connectivity index (χ2n) is 6.06. The molecule has 0 amide bonds. The highest BCUT2D eigenvalue weighted by atomic mass is 16.5. The number of benzene rings is 1. The first-order valence-electron chi connectivity index (χ1n) is 8.17. The van der Waals surface area contributed by atoms with Crippen LogP contribution in [0.1, 0.15) is 22.6 Å². The van der Waals surface area contributed by atoms with Crippen molar-refractivity contribution in [3.8, 4) is 5.75 Å². The Labute approximate surface area is 144 Å². The van der Waals surface area contributed by atoms with E-state index in [9.17, 15) is 4.79 Å². The van der Waals surface area contributed by atoms with Crippen molar-refractivity contribution in [2.75, 3.05) is 6.54 Å². The normalized spacial score (nSPS) is 14.2. The summed E-state index contributed by atoms with van der Waals surface area (Å²) < 4.78 is 11.0. The molecule has 1 aliphatic rings. The van der Waals surface area contributed by atoms with Gasteiger partial charge in [0.15, 0.2) is 0 Å². The van der Waals surface area contributed by atoms with Crippen molar-refractivity contribution in [3.05, 3.63) is 75.6 Å². The summed E-state index contributed by atoms with van der Waals surface area (Å²) in [5.74, 6) is 0.814. The van der Waals surface area contributed by atoms with Gasteiger partial charge in [0, 0.05) is 25.4 Å². The summed E-state index contributed by atoms with van der Waals surface area (Å²) in [6.07, 6.45) is 4.00. The molecule has 0 saturated carbocycles. The molecule has 0 fully saturated rings. The summed E-state index contributed by atoms with van der Waals surface area (Å²) in [6.45, 7) is 2.59. The predicted molar refractivity (Wildman–Crippen MR) is 90.0 cm³/mol. The van der Waals surface area contributed by atoms with Crippen molar-refractivity contribution in [3.63, 3.8) is 0 Å². The minimum atomic E-state index is -0.192. The molecule has 25 heavy (non-hydrogen) atoms. The van der Waals surface area contributed by atoms with Crippen LogP contribution < -0.4 is 10.2 Å². The highest BCUT2D eigenvalue weighted by Gasteiger charge is 2.17. The third kappa shape index (κ3) is 3.61. The second-order valence-corrected chi connectivity index (χ2v) is 6.06. The number of aromatic amines is 1. The first-order chi connectivity index (χ1) is 12.3. The number of fused-ring (bicyclic) bond motifs is 1. The molecular weight excluding hydrogens is 320 g/mol. The van der Waals surface area contributed by atoms with Crippen LogP contribution in [-0.2, 0) is 26.1 Å². The van der Waals surface area contributed by atoms with Crippen LogP contribution in [0.4, 0.5) is 0 Å². The van der Waals surface area contributed by atoms with Crippen molar-refractivity contribution in [1.82, 2.24) is 20.3 Å². The van der Waals surface area contributed by atoms with Crippen LogP contribution in [0.3, 0.4) is 0 Å². The van der Waals surface area contributed by atoms with Crippen molar-refractivity contribution >= 4 is 0 Å². The smallest absolute Gasteiger partial charge is 0.227 e. The van der Waals surface area contributed by atoms with Gasteiger partial charge in [-0.25, -0.2) is 0 Å². The molecule has 1 aromatic carbocycles. The van der Waals surface area contributed by atoms with E-state index in [-0.39, 0.29) is 17.8 Å². The van der Waals surface area contributed by atoms with Gasteiger partial charge < -0.3 is 9.15 Å². The number of rotatable bonds is 5. The average Bonchev–Trinajstić information content (AvgIpc) is 3.14. The minimum Gasteiger partial charge on any atom is -0.480 e. The first-order valence-corrected chi connectivity index (χ1v) is 8.17. The molecule has 0 radical (unpaired) electrons. The number of nitrogens with zero attached hydrogens (tertiary/aromatic N) is 3. The maximum atomic E-state index is 12.2. The topological polar surface area (TPSA) is 84.3 Å². The van der Waals surface area contributed by atoms with Crippen molar-refractivity contribution in [1.29, 1.82) is 0 Å². The molecule has 0 bridgehead atoms. The molecule has 3 aromatic rings. The van der Waals surface area contributed by atoms with Crippen LogP contribution in [0.2, 0.25) is 0 Å². The summed E-state index contributed by atoms with van der Waals surface area (Å²) in [7, 11) is 0. The zero-order chi connectivity index (χ0) is 17.1. The molecule has 1 aliphatic heterocycles. The molecule has 1 N–H and O–H groups in total. The Morgan fingerprint density at radius 3 is 2.96 bits per heavy atom. The number of aromatic nitrogens is 3. The molecule has 128 valence electrons. The summed E-state index contributed by atoms with van der Waals surface area (Å²) in [4.78, 5) is 14.5. The number of ether oxygens (including phenoxy) is 1. The second kappa shape index (κ2) is 6.90. The summed E-state index contributed by atoms with van der Waals surface area (Å²) in [6, 6.07) is 9.96. The van der Waals surface area contributed by atoms with E-state index in [0.717, 1.165) is 19.5 Å². The Kier molecular flexibility index (Phi) is 4.30. The van der Waals surface area contributed by atoms with Crippen LogP contribution in [0, 0.1) is 0 Å². The molecule has 4 rings (SSSR count). The Bertz CT molecular complexity index is 905.